The molecule has 2 aliphatic rings. The van der Waals surface area contributed by atoms with Crippen molar-refractivity contribution in [2.24, 2.45) is 5.73 Å². The Balaban J connectivity index is 1.85. The van der Waals surface area contributed by atoms with Gasteiger partial charge in [0.25, 0.3) is 0 Å². The summed E-state index contributed by atoms with van der Waals surface area (Å²) in [6, 6.07) is 6.01. The summed E-state index contributed by atoms with van der Waals surface area (Å²) >= 11 is 0. The molecule has 1 unspecified atom stereocenters. The number of nitrogens with zero attached hydrogens (tertiary/aromatic N) is 1. The number of benzene rings is 1. The van der Waals surface area contributed by atoms with Gasteiger partial charge >= 0.3 is 0 Å². The monoisotopic (exact) mass is 206 g/mol. The lowest BCUT2D eigenvalue weighted by Crippen LogP contribution is -2.56. The van der Waals surface area contributed by atoms with Crippen molar-refractivity contribution < 1.29 is 4.39 Å². The molecule has 0 saturated carbocycles. The molecule has 1 saturated heterocycles. The normalized spacial score (nSPS) is 26.4. The highest BCUT2D eigenvalue weighted by Gasteiger charge is 2.34. The van der Waals surface area contributed by atoms with Crippen LogP contribution in [0.25, 0.3) is 0 Å². The van der Waals surface area contributed by atoms with Crippen molar-refractivity contribution in [3.63, 3.8) is 0 Å². The zero-order chi connectivity index (χ0) is 10.4. The molecule has 0 amide bonds. The number of hydrogen-bond acceptors (Lipinski definition) is 2. The average Bonchev–Trinajstić information content (AvgIpc) is 2.55. The minimum Gasteiger partial charge on any atom is -0.325 e. The molecule has 0 bridgehead atoms. The van der Waals surface area contributed by atoms with Crippen molar-refractivity contribution >= 4 is 0 Å². The predicted molar refractivity (Wildman–Crippen MR) is 57.0 cm³/mol. The summed E-state index contributed by atoms with van der Waals surface area (Å²) in [6.45, 7) is 1.98. The lowest BCUT2D eigenvalue weighted by Gasteiger charge is -2.41. The standard InChI is InChI=1S/C12H15FN2/c13-9-2-3-11-8(5-9)1-4-12(11)15-6-10(14)7-15/h2-3,5,10,12H,1,4,6-7,14H2. The zero-order valence-corrected chi connectivity index (χ0v) is 8.62. The Hall–Kier alpha value is -0.930. The van der Waals surface area contributed by atoms with Crippen LogP contribution in [-0.2, 0) is 6.42 Å². The summed E-state index contributed by atoms with van der Waals surface area (Å²) in [6.07, 6.45) is 2.12. The van der Waals surface area contributed by atoms with Crippen LogP contribution < -0.4 is 5.73 Å². The van der Waals surface area contributed by atoms with E-state index in [1.54, 1.807) is 12.1 Å². The van der Waals surface area contributed by atoms with Crippen LogP contribution in [0.1, 0.15) is 23.6 Å². The van der Waals surface area contributed by atoms with Crippen LogP contribution in [0.15, 0.2) is 18.2 Å². The maximum atomic E-state index is 13.0. The molecule has 1 heterocycles. The summed E-state index contributed by atoms with van der Waals surface area (Å²) in [4.78, 5) is 2.40. The third-order valence-corrected chi connectivity index (χ3v) is 3.53. The van der Waals surface area contributed by atoms with E-state index in [1.165, 1.54) is 11.1 Å². The Labute approximate surface area is 88.9 Å². The SMILES string of the molecule is NC1CN(C2CCc3cc(F)ccc32)C1. The Bertz CT molecular complexity index is 385. The van der Waals surface area contributed by atoms with E-state index in [0.29, 0.717) is 12.1 Å². The van der Waals surface area contributed by atoms with Gasteiger partial charge in [-0.15, -0.1) is 0 Å². The van der Waals surface area contributed by atoms with Gasteiger partial charge in [-0.3, -0.25) is 4.90 Å². The molecule has 1 aliphatic carbocycles. The fraction of sp³-hybridized carbons (Fsp3) is 0.500. The van der Waals surface area contributed by atoms with Gasteiger partial charge in [0, 0.05) is 25.2 Å². The number of aryl methyl sites for hydroxylation is 1. The third-order valence-electron chi connectivity index (χ3n) is 3.53. The van der Waals surface area contributed by atoms with Gasteiger partial charge in [-0.05, 0) is 36.1 Å². The van der Waals surface area contributed by atoms with Crippen molar-refractivity contribution in [3.05, 3.63) is 35.1 Å². The lowest BCUT2D eigenvalue weighted by atomic mass is 10.0. The first-order valence-electron chi connectivity index (χ1n) is 5.52. The molecule has 3 heteroatoms. The first-order valence-corrected chi connectivity index (χ1v) is 5.52. The number of rotatable bonds is 1. The second kappa shape index (κ2) is 3.29. The van der Waals surface area contributed by atoms with Gasteiger partial charge in [-0.2, -0.15) is 0 Å². The first-order chi connectivity index (χ1) is 7.24. The number of fused-ring (bicyclic) bond motifs is 1. The summed E-state index contributed by atoms with van der Waals surface area (Å²) in [5.41, 5.74) is 8.27. The van der Waals surface area contributed by atoms with E-state index < -0.39 is 0 Å². The van der Waals surface area contributed by atoms with E-state index in [9.17, 15) is 4.39 Å². The summed E-state index contributed by atoms with van der Waals surface area (Å²) in [7, 11) is 0. The van der Waals surface area contributed by atoms with Crippen molar-refractivity contribution in [1.82, 2.24) is 4.90 Å². The highest BCUT2D eigenvalue weighted by Crippen LogP contribution is 2.37. The summed E-state index contributed by atoms with van der Waals surface area (Å²) in [5, 5.41) is 0. The first kappa shape index (κ1) is 9.31. The van der Waals surface area contributed by atoms with Crippen LogP contribution in [0.2, 0.25) is 0 Å². The predicted octanol–water partition coefficient (Wildman–Crippen LogP) is 1.46. The Morgan fingerprint density at radius 2 is 2.13 bits per heavy atom. The second-order valence-electron chi connectivity index (χ2n) is 4.61. The molecule has 1 aliphatic heterocycles. The minimum atomic E-state index is -0.116. The maximum Gasteiger partial charge on any atom is 0.123 e. The van der Waals surface area contributed by atoms with Gasteiger partial charge in [0.1, 0.15) is 5.82 Å². The van der Waals surface area contributed by atoms with Crippen LogP contribution in [0.4, 0.5) is 4.39 Å². The fourth-order valence-corrected chi connectivity index (χ4v) is 2.75. The highest BCUT2D eigenvalue weighted by molar-refractivity contribution is 5.35. The van der Waals surface area contributed by atoms with Crippen molar-refractivity contribution in [3.8, 4) is 0 Å². The summed E-state index contributed by atoms with van der Waals surface area (Å²) < 4.78 is 13.0. The van der Waals surface area contributed by atoms with E-state index in [-0.39, 0.29) is 5.82 Å². The Kier molecular flexibility index (Phi) is 2.04. The van der Waals surface area contributed by atoms with Crippen LogP contribution in [0, 0.1) is 5.82 Å². The number of hydrogen-bond donors (Lipinski definition) is 1. The minimum absolute atomic E-state index is 0.116. The smallest absolute Gasteiger partial charge is 0.123 e. The zero-order valence-electron chi connectivity index (χ0n) is 8.62. The molecule has 0 aromatic heterocycles. The molecule has 0 spiro atoms. The van der Waals surface area contributed by atoms with Gasteiger partial charge in [-0.25, -0.2) is 4.39 Å². The van der Waals surface area contributed by atoms with Gasteiger partial charge in [-0.1, -0.05) is 6.07 Å². The number of halogens is 1. The average molecular weight is 206 g/mol. The molecule has 1 atom stereocenters. The second-order valence-corrected chi connectivity index (χ2v) is 4.61. The Morgan fingerprint density at radius 1 is 1.33 bits per heavy atom. The Morgan fingerprint density at radius 3 is 2.87 bits per heavy atom. The van der Waals surface area contributed by atoms with E-state index in [1.807, 2.05) is 6.07 Å². The molecule has 1 fully saturated rings. The van der Waals surface area contributed by atoms with Crippen LogP contribution in [-0.4, -0.2) is 24.0 Å². The lowest BCUT2D eigenvalue weighted by molar-refractivity contribution is 0.0942. The molecular weight excluding hydrogens is 191 g/mol. The molecule has 0 radical (unpaired) electrons. The van der Waals surface area contributed by atoms with Gasteiger partial charge < -0.3 is 5.73 Å². The number of nitrogens with two attached hydrogens (primary N) is 1. The van der Waals surface area contributed by atoms with E-state index in [4.69, 9.17) is 5.73 Å². The van der Waals surface area contributed by atoms with Crippen LogP contribution in [0.3, 0.4) is 0 Å². The van der Waals surface area contributed by atoms with Crippen molar-refractivity contribution in [1.29, 1.82) is 0 Å². The molecule has 80 valence electrons. The van der Waals surface area contributed by atoms with Gasteiger partial charge in [0.15, 0.2) is 0 Å². The van der Waals surface area contributed by atoms with E-state index >= 15 is 0 Å². The largest absolute Gasteiger partial charge is 0.325 e. The van der Waals surface area contributed by atoms with E-state index in [2.05, 4.69) is 4.90 Å². The summed E-state index contributed by atoms with van der Waals surface area (Å²) in [5.74, 6) is -0.116. The van der Waals surface area contributed by atoms with E-state index in [0.717, 1.165) is 25.9 Å². The third kappa shape index (κ3) is 1.46. The molecule has 3 rings (SSSR count). The van der Waals surface area contributed by atoms with Crippen molar-refractivity contribution in [2.75, 3.05) is 13.1 Å². The fourth-order valence-electron chi connectivity index (χ4n) is 2.75. The highest BCUT2D eigenvalue weighted by atomic mass is 19.1. The van der Waals surface area contributed by atoms with Crippen molar-refractivity contribution in [2.45, 2.75) is 24.9 Å². The molecular formula is C12H15FN2. The molecule has 2 nitrogen and oxygen atoms in total. The van der Waals surface area contributed by atoms with Crippen LogP contribution >= 0.6 is 0 Å². The topological polar surface area (TPSA) is 29.3 Å². The molecule has 1 aromatic carbocycles. The van der Waals surface area contributed by atoms with Gasteiger partial charge in [0.05, 0.1) is 0 Å². The molecule has 15 heavy (non-hydrogen) atoms. The molecule has 1 aromatic rings. The number of likely N-dealkylation sites (tertiary alicyclic amines) is 1. The molecule has 2 N–H and O–H groups in total. The quantitative estimate of drug-likeness (QED) is 0.753. The van der Waals surface area contributed by atoms with Crippen LogP contribution in [0.5, 0.6) is 0 Å². The van der Waals surface area contributed by atoms with Gasteiger partial charge in [0.2, 0.25) is 0 Å². The maximum absolute atomic E-state index is 13.0.